The summed E-state index contributed by atoms with van der Waals surface area (Å²) in [6.07, 6.45) is 0.707. The van der Waals surface area contributed by atoms with Crippen molar-refractivity contribution in [3.05, 3.63) is 63.9 Å². The van der Waals surface area contributed by atoms with Crippen LogP contribution >= 0.6 is 34.8 Å². The van der Waals surface area contributed by atoms with Gasteiger partial charge in [0.25, 0.3) is 0 Å². The maximum absolute atomic E-state index is 6.27. The first-order valence-electron chi connectivity index (χ1n) is 6.63. The number of alkyl halides is 1. The van der Waals surface area contributed by atoms with Crippen LogP contribution in [0.3, 0.4) is 0 Å². The lowest BCUT2D eigenvalue weighted by Gasteiger charge is -2.10. The molecule has 2 aromatic carbocycles. The number of halogens is 3. The number of benzene rings is 2. The summed E-state index contributed by atoms with van der Waals surface area (Å²) < 4.78 is 2.15. The highest BCUT2D eigenvalue weighted by Gasteiger charge is 2.12. The van der Waals surface area contributed by atoms with Crippen molar-refractivity contribution in [3.63, 3.8) is 0 Å². The molecule has 0 unspecified atom stereocenters. The smallest absolute Gasteiger partial charge is 0.111 e. The fourth-order valence-corrected chi connectivity index (χ4v) is 2.93. The second-order valence-corrected chi connectivity index (χ2v) is 6.00. The van der Waals surface area contributed by atoms with E-state index in [4.69, 9.17) is 34.8 Å². The van der Waals surface area contributed by atoms with E-state index in [-0.39, 0.29) is 0 Å². The van der Waals surface area contributed by atoms with E-state index in [1.807, 2.05) is 42.5 Å². The van der Waals surface area contributed by atoms with Gasteiger partial charge < -0.3 is 4.57 Å². The molecule has 0 amide bonds. The molecule has 3 aromatic rings. The predicted molar refractivity (Wildman–Crippen MR) is 89.7 cm³/mol. The summed E-state index contributed by atoms with van der Waals surface area (Å²) in [6.45, 7) is 0.671. The zero-order valence-electron chi connectivity index (χ0n) is 11.2. The molecule has 0 saturated heterocycles. The van der Waals surface area contributed by atoms with Crippen LogP contribution in [0.15, 0.2) is 42.5 Å². The van der Waals surface area contributed by atoms with Crippen LogP contribution in [0.4, 0.5) is 0 Å². The Morgan fingerprint density at radius 3 is 2.62 bits per heavy atom. The van der Waals surface area contributed by atoms with E-state index in [2.05, 4.69) is 9.55 Å². The van der Waals surface area contributed by atoms with E-state index in [1.54, 1.807) is 0 Å². The molecule has 0 spiro atoms. The van der Waals surface area contributed by atoms with Crippen molar-refractivity contribution in [3.8, 4) is 0 Å². The van der Waals surface area contributed by atoms with Gasteiger partial charge >= 0.3 is 0 Å². The highest BCUT2D eigenvalue weighted by atomic mass is 35.5. The summed E-state index contributed by atoms with van der Waals surface area (Å²) in [5, 5.41) is 1.44. The van der Waals surface area contributed by atoms with E-state index in [0.29, 0.717) is 23.9 Å². The molecule has 3 rings (SSSR count). The topological polar surface area (TPSA) is 17.8 Å². The average Bonchev–Trinajstić information content (AvgIpc) is 2.79. The van der Waals surface area contributed by atoms with Gasteiger partial charge in [0.15, 0.2) is 0 Å². The van der Waals surface area contributed by atoms with Gasteiger partial charge in [0.1, 0.15) is 5.82 Å². The van der Waals surface area contributed by atoms with Crippen molar-refractivity contribution in [1.82, 2.24) is 9.55 Å². The molecule has 108 valence electrons. The standard InChI is InChI=1S/C16H13Cl3N2/c17-8-7-16-20-14-9-12(18)5-6-15(14)21(16)10-11-3-1-2-4-13(11)19/h1-6,9H,7-8,10H2. The van der Waals surface area contributed by atoms with E-state index in [1.165, 1.54) is 0 Å². The van der Waals surface area contributed by atoms with Crippen molar-refractivity contribution in [2.45, 2.75) is 13.0 Å². The third-order valence-electron chi connectivity index (χ3n) is 3.39. The number of hydrogen-bond acceptors (Lipinski definition) is 1. The Morgan fingerprint density at radius 1 is 1.05 bits per heavy atom. The number of rotatable bonds is 4. The lowest BCUT2D eigenvalue weighted by Crippen LogP contribution is -2.06. The Balaban J connectivity index is 2.11. The molecule has 5 heteroatoms. The minimum Gasteiger partial charge on any atom is -0.323 e. The van der Waals surface area contributed by atoms with Gasteiger partial charge in [-0.1, -0.05) is 41.4 Å². The van der Waals surface area contributed by atoms with E-state index in [0.717, 1.165) is 27.4 Å². The first-order chi connectivity index (χ1) is 10.2. The van der Waals surface area contributed by atoms with Gasteiger partial charge in [-0.2, -0.15) is 0 Å². The molecule has 0 bridgehead atoms. The minimum absolute atomic E-state index is 0.527. The Hall–Kier alpha value is -1.22. The molecule has 2 nitrogen and oxygen atoms in total. The van der Waals surface area contributed by atoms with Crippen LogP contribution in [0, 0.1) is 0 Å². The second-order valence-electron chi connectivity index (χ2n) is 4.78. The van der Waals surface area contributed by atoms with E-state index >= 15 is 0 Å². The maximum atomic E-state index is 6.27. The third kappa shape index (κ3) is 3.03. The zero-order chi connectivity index (χ0) is 14.8. The highest BCUT2D eigenvalue weighted by Crippen LogP contribution is 2.24. The number of fused-ring (bicyclic) bond motifs is 1. The van der Waals surface area contributed by atoms with Gasteiger partial charge in [0.2, 0.25) is 0 Å². The average molecular weight is 340 g/mol. The van der Waals surface area contributed by atoms with E-state index in [9.17, 15) is 0 Å². The van der Waals surface area contributed by atoms with Crippen LogP contribution in [0.5, 0.6) is 0 Å². The fraction of sp³-hybridized carbons (Fsp3) is 0.188. The summed E-state index contributed by atoms with van der Waals surface area (Å²) in [5.41, 5.74) is 2.98. The number of hydrogen-bond donors (Lipinski definition) is 0. The molecule has 0 fully saturated rings. The van der Waals surface area contributed by atoms with Crippen LogP contribution in [-0.2, 0) is 13.0 Å². The third-order valence-corrected chi connectivity index (χ3v) is 4.19. The molecule has 0 aliphatic carbocycles. The van der Waals surface area contributed by atoms with Crippen LogP contribution in [0.2, 0.25) is 10.0 Å². The largest absolute Gasteiger partial charge is 0.323 e. The van der Waals surface area contributed by atoms with Crippen LogP contribution in [-0.4, -0.2) is 15.4 Å². The van der Waals surface area contributed by atoms with Crippen LogP contribution < -0.4 is 0 Å². The van der Waals surface area contributed by atoms with Crippen LogP contribution in [0.25, 0.3) is 11.0 Å². The molecule has 1 heterocycles. The molecule has 1 aromatic heterocycles. The van der Waals surface area contributed by atoms with Crippen LogP contribution in [0.1, 0.15) is 11.4 Å². The van der Waals surface area contributed by atoms with Gasteiger partial charge in [0.05, 0.1) is 17.6 Å². The molecule has 0 aliphatic heterocycles. The van der Waals surface area contributed by atoms with Crippen molar-refractivity contribution >= 4 is 45.8 Å². The molecule has 0 atom stereocenters. The number of aryl methyl sites for hydroxylation is 1. The monoisotopic (exact) mass is 338 g/mol. The van der Waals surface area contributed by atoms with Crippen molar-refractivity contribution in [2.24, 2.45) is 0 Å². The Bertz CT molecular complexity index is 780. The van der Waals surface area contributed by atoms with Crippen molar-refractivity contribution in [2.75, 3.05) is 5.88 Å². The molecular weight excluding hydrogens is 327 g/mol. The molecule has 0 saturated carbocycles. The van der Waals surface area contributed by atoms with Gasteiger partial charge in [0, 0.05) is 22.3 Å². The SMILES string of the molecule is ClCCc1nc2cc(Cl)ccc2n1Cc1ccccc1Cl. The maximum Gasteiger partial charge on any atom is 0.111 e. The summed E-state index contributed by atoms with van der Waals surface area (Å²) in [4.78, 5) is 4.64. The van der Waals surface area contributed by atoms with Gasteiger partial charge in [-0.05, 0) is 29.8 Å². The number of imidazole rings is 1. The number of nitrogens with zero attached hydrogens (tertiary/aromatic N) is 2. The molecule has 0 N–H and O–H groups in total. The molecular formula is C16H13Cl3N2. The summed E-state index contributed by atoms with van der Waals surface area (Å²) in [5.74, 6) is 1.47. The predicted octanol–water partition coefficient (Wildman–Crippen LogP) is 5.17. The minimum atomic E-state index is 0.527. The summed E-state index contributed by atoms with van der Waals surface area (Å²) in [6, 6.07) is 13.6. The quantitative estimate of drug-likeness (QED) is 0.599. The molecule has 0 radical (unpaired) electrons. The summed E-state index contributed by atoms with van der Waals surface area (Å²) >= 11 is 18.2. The normalized spacial score (nSPS) is 11.2. The van der Waals surface area contributed by atoms with Crippen molar-refractivity contribution in [1.29, 1.82) is 0 Å². The zero-order valence-corrected chi connectivity index (χ0v) is 13.5. The first kappa shape index (κ1) is 14.7. The lowest BCUT2D eigenvalue weighted by atomic mass is 10.2. The molecule has 0 aliphatic rings. The first-order valence-corrected chi connectivity index (χ1v) is 7.92. The molecule has 21 heavy (non-hydrogen) atoms. The number of aromatic nitrogens is 2. The second kappa shape index (κ2) is 6.27. The van der Waals surface area contributed by atoms with E-state index < -0.39 is 0 Å². The fourth-order valence-electron chi connectivity index (χ4n) is 2.40. The Labute approximate surface area is 138 Å². The highest BCUT2D eigenvalue weighted by molar-refractivity contribution is 6.31. The Kier molecular flexibility index (Phi) is 4.39. The summed E-state index contributed by atoms with van der Waals surface area (Å²) in [7, 11) is 0. The van der Waals surface area contributed by atoms with Gasteiger partial charge in [-0.15, -0.1) is 11.6 Å². The Morgan fingerprint density at radius 2 is 1.86 bits per heavy atom. The van der Waals surface area contributed by atoms with Crippen molar-refractivity contribution < 1.29 is 0 Å². The van der Waals surface area contributed by atoms with Gasteiger partial charge in [-0.25, -0.2) is 4.98 Å². The lowest BCUT2D eigenvalue weighted by molar-refractivity contribution is 0.755. The van der Waals surface area contributed by atoms with Gasteiger partial charge in [-0.3, -0.25) is 0 Å².